The zero-order valence-corrected chi connectivity index (χ0v) is 14.2. The fraction of sp³-hybridized carbons (Fsp3) is 0.562. The van der Waals surface area contributed by atoms with Gasteiger partial charge in [0.25, 0.3) is 5.91 Å². The molecule has 1 saturated carbocycles. The number of phenolic OH excluding ortho intramolecular Hbond substituents is 1. The van der Waals surface area contributed by atoms with E-state index in [0.717, 1.165) is 35.9 Å². The van der Waals surface area contributed by atoms with Crippen LogP contribution in [0.1, 0.15) is 42.5 Å². The minimum Gasteiger partial charge on any atom is -0.507 e. The first-order valence-corrected chi connectivity index (χ1v) is 8.76. The molecule has 1 saturated heterocycles. The summed E-state index contributed by atoms with van der Waals surface area (Å²) in [7, 11) is 0. The zero-order valence-electron chi connectivity index (χ0n) is 12.0. The SMILES string of the molecule is O=C(c1ccc(I)c(O)c1)N(CC1CCCCN1)C1CC1. The van der Waals surface area contributed by atoms with Crippen molar-refractivity contribution in [1.82, 2.24) is 10.2 Å². The van der Waals surface area contributed by atoms with Gasteiger partial charge in [0, 0.05) is 24.2 Å². The lowest BCUT2D eigenvalue weighted by Crippen LogP contribution is -2.46. The Hall–Kier alpha value is -0.820. The highest BCUT2D eigenvalue weighted by Gasteiger charge is 2.34. The number of aromatic hydroxyl groups is 1. The van der Waals surface area contributed by atoms with E-state index in [1.807, 2.05) is 11.0 Å². The van der Waals surface area contributed by atoms with Gasteiger partial charge in [0.2, 0.25) is 0 Å². The summed E-state index contributed by atoms with van der Waals surface area (Å²) in [6.45, 7) is 1.85. The highest BCUT2D eigenvalue weighted by atomic mass is 127. The van der Waals surface area contributed by atoms with Gasteiger partial charge in [-0.25, -0.2) is 0 Å². The number of piperidine rings is 1. The molecule has 2 aliphatic rings. The van der Waals surface area contributed by atoms with Crippen LogP contribution in [0.5, 0.6) is 5.75 Å². The molecule has 5 heteroatoms. The molecule has 1 atom stereocenters. The largest absolute Gasteiger partial charge is 0.507 e. The summed E-state index contributed by atoms with van der Waals surface area (Å²) in [6, 6.07) is 6.01. The predicted molar refractivity (Wildman–Crippen MR) is 90.5 cm³/mol. The van der Waals surface area contributed by atoms with Crippen LogP contribution in [0.15, 0.2) is 18.2 Å². The van der Waals surface area contributed by atoms with Gasteiger partial charge in [-0.05, 0) is 73.0 Å². The Kier molecular flexibility index (Phi) is 4.69. The average molecular weight is 400 g/mol. The van der Waals surface area contributed by atoms with Gasteiger partial charge >= 0.3 is 0 Å². The van der Waals surface area contributed by atoms with Crippen LogP contribution < -0.4 is 5.32 Å². The second-order valence-corrected chi connectivity index (χ2v) is 7.16. The summed E-state index contributed by atoms with van der Waals surface area (Å²) in [5, 5.41) is 13.3. The molecule has 1 heterocycles. The molecule has 2 fully saturated rings. The molecule has 2 N–H and O–H groups in total. The van der Waals surface area contributed by atoms with E-state index in [2.05, 4.69) is 27.9 Å². The van der Waals surface area contributed by atoms with E-state index in [-0.39, 0.29) is 11.7 Å². The predicted octanol–water partition coefficient (Wildman–Crippen LogP) is 2.74. The van der Waals surface area contributed by atoms with Crippen LogP contribution in [0.25, 0.3) is 0 Å². The fourth-order valence-electron chi connectivity index (χ4n) is 2.91. The first-order chi connectivity index (χ1) is 10.1. The molecule has 1 aromatic carbocycles. The van der Waals surface area contributed by atoms with Gasteiger partial charge in [0.15, 0.2) is 0 Å². The monoisotopic (exact) mass is 400 g/mol. The number of hydrogen-bond acceptors (Lipinski definition) is 3. The van der Waals surface area contributed by atoms with E-state index in [0.29, 0.717) is 17.6 Å². The maximum atomic E-state index is 12.7. The quantitative estimate of drug-likeness (QED) is 0.765. The molecule has 114 valence electrons. The molecule has 1 unspecified atom stereocenters. The highest BCUT2D eigenvalue weighted by molar-refractivity contribution is 14.1. The van der Waals surface area contributed by atoms with Crippen LogP contribution in [0.2, 0.25) is 0 Å². The first-order valence-electron chi connectivity index (χ1n) is 7.68. The number of carbonyl (C=O) groups excluding carboxylic acids is 1. The number of halogens is 1. The third kappa shape index (κ3) is 3.69. The molecule has 3 rings (SSSR count). The molecule has 1 aliphatic heterocycles. The summed E-state index contributed by atoms with van der Waals surface area (Å²) in [5.74, 6) is 0.240. The summed E-state index contributed by atoms with van der Waals surface area (Å²) in [5.41, 5.74) is 0.593. The normalized spacial score (nSPS) is 22.0. The fourth-order valence-corrected chi connectivity index (χ4v) is 3.25. The number of nitrogens with one attached hydrogen (secondary N) is 1. The molecular formula is C16H21IN2O2. The number of benzene rings is 1. The van der Waals surface area contributed by atoms with Crippen LogP contribution in [0, 0.1) is 3.57 Å². The van der Waals surface area contributed by atoms with Gasteiger partial charge in [0.1, 0.15) is 5.75 Å². The minimum absolute atomic E-state index is 0.0524. The maximum absolute atomic E-state index is 12.7. The molecule has 1 amide bonds. The number of amides is 1. The van der Waals surface area contributed by atoms with Gasteiger partial charge in [-0.2, -0.15) is 0 Å². The van der Waals surface area contributed by atoms with Crippen LogP contribution in [-0.4, -0.2) is 41.1 Å². The lowest BCUT2D eigenvalue weighted by atomic mass is 10.0. The summed E-state index contributed by atoms with van der Waals surface area (Å²) in [4.78, 5) is 14.8. The zero-order chi connectivity index (χ0) is 14.8. The lowest BCUT2D eigenvalue weighted by molar-refractivity contribution is 0.0717. The summed E-state index contributed by atoms with van der Waals surface area (Å²) >= 11 is 2.07. The smallest absolute Gasteiger partial charge is 0.254 e. The number of hydrogen-bond donors (Lipinski definition) is 2. The molecule has 0 bridgehead atoms. The van der Waals surface area contributed by atoms with Crippen molar-refractivity contribution in [3.05, 3.63) is 27.3 Å². The van der Waals surface area contributed by atoms with Crippen molar-refractivity contribution in [3.63, 3.8) is 0 Å². The number of nitrogens with zero attached hydrogens (tertiary/aromatic N) is 1. The Morgan fingerprint density at radius 2 is 2.14 bits per heavy atom. The van der Waals surface area contributed by atoms with Crippen LogP contribution in [0.3, 0.4) is 0 Å². The lowest BCUT2D eigenvalue weighted by Gasteiger charge is -2.31. The van der Waals surface area contributed by atoms with Crippen molar-refractivity contribution in [2.75, 3.05) is 13.1 Å². The summed E-state index contributed by atoms with van der Waals surface area (Å²) < 4.78 is 0.774. The Bertz CT molecular complexity index is 525. The van der Waals surface area contributed by atoms with Gasteiger partial charge in [-0.3, -0.25) is 4.79 Å². The highest BCUT2D eigenvalue weighted by Crippen LogP contribution is 2.30. The molecule has 1 aromatic rings. The minimum atomic E-state index is 0.0524. The number of phenols is 1. The third-order valence-corrected chi connectivity index (χ3v) is 5.18. The van der Waals surface area contributed by atoms with Crippen LogP contribution in [0.4, 0.5) is 0 Å². The van der Waals surface area contributed by atoms with E-state index in [9.17, 15) is 9.90 Å². The molecule has 0 spiro atoms. The second-order valence-electron chi connectivity index (χ2n) is 6.00. The Morgan fingerprint density at radius 1 is 1.33 bits per heavy atom. The third-order valence-electron chi connectivity index (χ3n) is 4.27. The topological polar surface area (TPSA) is 52.6 Å². The Labute approximate surface area is 139 Å². The van der Waals surface area contributed by atoms with E-state index in [4.69, 9.17) is 0 Å². The van der Waals surface area contributed by atoms with E-state index in [1.165, 1.54) is 12.8 Å². The van der Waals surface area contributed by atoms with Gasteiger partial charge in [-0.1, -0.05) is 6.42 Å². The van der Waals surface area contributed by atoms with E-state index >= 15 is 0 Å². The van der Waals surface area contributed by atoms with E-state index < -0.39 is 0 Å². The van der Waals surface area contributed by atoms with E-state index in [1.54, 1.807) is 12.1 Å². The Balaban J connectivity index is 1.73. The molecule has 1 aliphatic carbocycles. The van der Waals surface area contributed by atoms with Crippen molar-refractivity contribution in [3.8, 4) is 5.75 Å². The van der Waals surface area contributed by atoms with Gasteiger partial charge in [0.05, 0.1) is 3.57 Å². The average Bonchev–Trinajstić information content (AvgIpc) is 3.33. The van der Waals surface area contributed by atoms with Crippen molar-refractivity contribution in [1.29, 1.82) is 0 Å². The van der Waals surface area contributed by atoms with Crippen molar-refractivity contribution in [2.24, 2.45) is 0 Å². The number of rotatable bonds is 4. The molecule has 0 radical (unpaired) electrons. The first kappa shape index (κ1) is 15.1. The maximum Gasteiger partial charge on any atom is 0.254 e. The molecular weight excluding hydrogens is 379 g/mol. The van der Waals surface area contributed by atoms with Crippen molar-refractivity contribution < 1.29 is 9.90 Å². The van der Waals surface area contributed by atoms with Crippen molar-refractivity contribution >= 4 is 28.5 Å². The molecule has 21 heavy (non-hydrogen) atoms. The Morgan fingerprint density at radius 3 is 2.76 bits per heavy atom. The molecule has 4 nitrogen and oxygen atoms in total. The second kappa shape index (κ2) is 6.52. The van der Waals surface area contributed by atoms with Crippen LogP contribution >= 0.6 is 22.6 Å². The van der Waals surface area contributed by atoms with Gasteiger partial charge in [-0.15, -0.1) is 0 Å². The molecule has 0 aromatic heterocycles. The summed E-state index contributed by atoms with van der Waals surface area (Å²) in [6.07, 6.45) is 5.84. The van der Waals surface area contributed by atoms with Crippen LogP contribution in [-0.2, 0) is 0 Å². The van der Waals surface area contributed by atoms with Crippen molar-refractivity contribution in [2.45, 2.75) is 44.2 Å². The standard InChI is InChI=1S/C16H21IN2O2/c17-14-7-4-11(9-15(14)20)16(21)19(13-5-6-13)10-12-3-1-2-8-18-12/h4,7,9,12-13,18,20H,1-3,5-6,8,10H2. The van der Waals surface area contributed by atoms with Gasteiger partial charge < -0.3 is 15.3 Å². The number of carbonyl (C=O) groups is 1.